The van der Waals surface area contributed by atoms with Crippen molar-refractivity contribution in [3.63, 3.8) is 0 Å². The van der Waals surface area contributed by atoms with Crippen LogP contribution in [0.4, 0.5) is 0 Å². The van der Waals surface area contributed by atoms with Gasteiger partial charge in [0.1, 0.15) is 0 Å². The van der Waals surface area contributed by atoms with Crippen LogP contribution >= 0.6 is 0 Å². The third-order valence-electron chi connectivity index (χ3n) is 4.34. The zero-order chi connectivity index (χ0) is 17.2. The Balaban J connectivity index is 1.36. The summed E-state index contributed by atoms with van der Waals surface area (Å²) in [5.74, 6) is -0.0305. The molecule has 4 rings (SSSR count). The number of fused-ring (bicyclic) bond motifs is 2. The predicted molar refractivity (Wildman–Crippen MR) is 97.6 cm³/mol. The van der Waals surface area contributed by atoms with E-state index in [1.165, 1.54) is 10.9 Å². The summed E-state index contributed by atoms with van der Waals surface area (Å²) < 4.78 is 0. The summed E-state index contributed by atoms with van der Waals surface area (Å²) in [6.45, 7) is 0.587. The van der Waals surface area contributed by atoms with Gasteiger partial charge in [0.25, 0.3) is 0 Å². The van der Waals surface area contributed by atoms with Gasteiger partial charge in [-0.2, -0.15) is 0 Å². The molecule has 4 N–H and O–H groups in total. The molecule has 0 saturated carbocycles. The molecule has 0 radical (unpaired) electrons. The number of amides is 1. The fourth-order valence-electron chi connectivity index (χ4n) is 3.11. The number of nitrogens with one attached hydrogen (secondary N) is 4. The Hall–Kier alpha value is -3.28. The van der Waals surface area contributed by atoms with Crippen LogP contribution in [0, 0.1) is 0 Å². The van der Waals surface area contributed by atoms with Crippen LogP contribution in [0.3, 0.4) is 0 Å². The maximum Gasteiger partial charge on any atom is 0.323 e. The highest BCUT2D eigenvalue weighted by molar-refractivity contribution is 5.83. The molecule has 0 saturated heterocycles. The van der Waals surface area contributed by atoms with Gasteiger partial charge in [-0.15, -0.1) is 0 Å². The number of carbonyl (C=O) groups is 1. The smallest absolute Gasteiger partial charge is 0.323 e. The summed E-state index contributed by atoms with van der Waals surface area (Å²) in [4.78, 5) is 32.1. The molecule has 2 aromatic heterocycles. The van der Waals surface area contributed by atoms with E-state index < -0.39 is 0 Å². The molecule has 2 heterocycles. The molecule has 0 unspecified atom stereocenters. The third kappa shape index (κ3) is 3.19. The highest BCUT2D eigenvalue weighted by Gasteiger charge is 2.07. The minimum Gasteiger partial charge on any atom is -0.361 e. The van der Waals surface area contributed by atoms with Crippen LogP contribution in [0.2, 0.25) is 0 Å². The van der Waals surface area contributed by atoms with Crippen molar-refractivity contribution in [2.75, 3.05) is 6.54 Å². The standard InChI is InChI=1S/C19H18N4O2/c24-18(10-12-5-6-16-17(9-12)23-19(25)22-16)20-8-7-13-11-21-15-4-2-1-3-14(13)15/h1-6,9,11,21H,7-8,10H2,(H,20,24)(H2,22,23,25). The largest absolute Gasteiger partial charge is 0.361 e. The van der Waals surface area contributed by atoms with E-state index in [1.807, 2.05) is 42.6 Å². The number of carbonyl (C=O) groups excluding carboxylic acids is 1. The lowest BCUT2D eigenvalue weighted by molar-refractivity contribution is -0.120. The number of H-pyrrole nitrogens is 3. The number of para-hydroxylation sites is 1. The third-order valence-corrected chi connectivity index (χ3v) is 4.34. The van der Waals surface area contributed by atoms with E-state index in [2.05, 4.69) is 26.3 Å². The van der Waals surface area contributed by atoms with Gasteiger partial charge in [0.2, 0.25) is 5.91 Å². The molecular weight excluding hydrogens is 316 g/mol. The van der Waals surface area contributed by atoms with Crippen molar-refractivity contribution in [2.45, 2.75) is 12.8 Å². The van der Waals surface area contributed by atoms with Crippen LogP contribution < -0.4 is 11.0 Å². The minimum atomic E-state index is -0.240. The van der Waals surface area contributed by atoms with Gasteiger partial charge in [-0.1, -0.05) is 24.3 Å². The van der Waals surface area contributed by atoms with Gasteiger partial charge in [0.15, 0.2) is 0 Å². The summed E-state index contributed by atoms with van der Waals surface area (Å²) in [5.41, 5.74) is 4.39. The Labute approximate surface area is 143 Å². The van der Waals surface area contributed by atoms with Crippen LogP contribution in [-0.4, -0.2) is 27.4 Å². The molecule has 6 heteroatoms. The van der Waals surface area contributed by atoms with Crippen molar-refractivity contribution in [3.05, 3.63) is 70.3 Å². The zero-order valence-corrected chi connectivity index (χ0v) is 13.6. The van der Waals surface area contributed by atoms with Crippen molar-refractivity contribution in [1.82, 2.24) is 20.3 Å². The van der Waals surface area contributed by atoms with Crippen LogP contribution in [0.1, 0.15) is 11.1 Å². The normalized spacial score (nSPS) is 11.2. The number of hydrogen-bond acceptors (Lipinski definition) is 2. The summed E-state index contributed by atoms with van der Waals surface area (Å²) in [7, 11) is 0. The lowest BCUT2D eigenvalue weighted by Crippen LogP contribution is -2.27. The highest BCUT2D eigenvalue weighted by Crippen LogP contribution is 2.17. The number of aromatic amines is 3. The van der Waals surface area contributed by atoms with E-state index in [4.69, 9.17) is 0 Å². The van der Waals surface area contributed by atoms with Gasteiger partial charge >= 0.3 is 5.69 Å². The Morgan fingerprint density at radius 3 is 2.76 bits per heavy atom. The summed E-state index contributed by atoms with van der Waals surface area (Å²) in [5, 5.41) is 4.15. The maximum atomic E-state index is 12.1. The van der Waals surface area contributed by atoms with Crippen molar-refractivity contribution >= 4 is 27.8 Å². The molecule has 0 aliphatic heterocycles. The summed E-state index contributed by atoms with van der Waals surface area (Å²) >= 11 is 0. The average Bonchev–Trinajstić information content (AvgIpc) is 3.17. The monoisotopic (exact) mass is 334 g/mol. The molecule has 0 spiro atoms. The molecule has 6 nitrogen and oxygen atoms in total. The van der Waals surface area contributed by atoms with Crippen LogP contribution in [0.5, 0.6) is 0 Å². The Morgan fingerprint density at radius 2 is 1.84 bits per heavy atom. The topological polar surface area (TPSA) is 93.5 Å². The zero-order valence-electron chi connectivity index (χ0n) is 13.6. The first-order valence-electron chi connectivity index (χ1n) is 8.22. The number of rotatable bonds is 5. The Morgan fingerprint density at radius 1 is 1.00 bits per heavy atom. The summed E-state index contributed by atoms with van der Waals surface area (Å²) in [6.07, 6.45) is 3.06. The SMILES string of the molecule is O=C(Cc1ccc2[nH]c(=O)[nH]c2c1)NCCc1c[nH]c2ccccc12. The Bertz CT molecular complexity index is 1100. The molecule has 25 heavy (non-hydrogen) atoms. The highest BCUT2D eigenvalue weighted by atomic mass is 16.1. The molecule has 1 amide bonds. The first-order chi connectivity index (χ1) is 12.2. The lowest BCUT2D eigenvalue weighted by Gasteiger charge is -2.05. The van der Waals surface area contributed by atoms with E-state index in [-0.39, 0.29) is 18.0 Å². The fraction of sp³-hybridized carbons (Fsp3) is 0.158. The second kappa shape index (κ2) is 6.32. The van der Waals surface area contributed by atoms with Crippen molar-refractivity contribution in [2.24, 2.45) is 0 Å². The predicted octanol–water partition coefficient (Wildman–Crippen LogP) is 2.24. The quantitative estimate of drug-likeness (QED) is 0.450. The van der Waals surface area contributed by atoms with Crippen molar-refractivity contribution in [3.8, 4) is 0 Å². The van der Waals surface area contributed by atoms with Crippen molar-refractivity contribution < 1.29 is 4.79 Å². The van der Waals surface area contributed by atoms with E-state index >= 15 is 0 Å². The molecule has 4 aromatic rings. The minimum absolute atomic E-state index is 0.0305. The molecular formula is C19H18N4O2. The van der Waals surface area contributed by atoms with Gasteiger partial charge in [0, 0.05) is 23.6 Å². The van der Waals surface area contributed by atoms with E-state index in [0.29, 0.717) is 12.1 Å². The molecule has 2 aromatic carbocycles. The lowest BCUT2D eigenvalue weighted by atomic mass is 10.1. The maximum absolute atomic E-state index is 12.1. The van der Waals surface area contributed by atoms with Crippen LogP contribution in [0.15, 0.2) is 53.5 Å². The van der Waals surface area contributed by atoms with Gasteiger partial charge < -0.3 is 20.3 Å². The van der Waals surface area contributed by atoms with Gasteiger partial charge in [-0.25, -0.2) is 4.79 Å². The van der Waals surface area contributed by atoms with Gasteiger partial charge in [0.05, 0.1) is 17.5 Å². The molecule has 0 fully saturated rings. The van der Waals surface area contributed by atoms with E-state index in [1.54, 1.807) is 0 Å². The number of imidazole rings is 1. The van der Waals surface area contributed by atoms with Crippen molar-refractivity contribution in [1.29, 1.82) is 0 Å². The van der Waals surface area contributed by atoms with E-state index in [0.717, 1.165) is 23.0 Å². The van der Waals surface area contributed by atoms with Gasteiger partial charge in [-0.05, 0) is 35.7 Å². The van der Waals surface area contributed by atoms with Crippen LogP contribution in [-0.2, 0) is 17.6 Å². The first-order valence-corrected chi connectivity index (χ1v) is 8.22. The number of aromatic nitrogens is 3. The Kier molecular flexibility index (Phi) is 3.85. The molecule has 0 atom stereocenters. The fourth-order valence-corrected chi connectivity index (χ4v) is 3.11. The summed E-state index contributed by atoms with van der Waals surface area (Å²) in [6, 6.07) is 13.6. The number of benzene rings is 2. The molecule has 0 bridgehead atoms. The second-order valence-electron chi connectivity index (χ2n) is 6.10. The molecule has 126 valence electrons. The van der Waals surface area contributed by atoms with Gasteiger partial charge in [-0.3, -0.25) is 4.79 Å². The second-order valence-corrected chi connectivity index (χ2v) is 6.10. The van der Waals surface area contributed by atoms with E-state index in [9.17, 15) is 9.59 Å². The molecule has 0 aliphatic carbocycles. The van der Waals surface area contributed by atoms with Crippen LogP contribution in [0.25, 0.3) is 21.9 Å². The number of hydrogen-bond donors (Lipinski definition) is 4. The first kappa shape index (κ1) is 15.3. The molecule has 0 aliphatic rings. The average molecular weight is 334 g/mol.